The van der Waals surface area contributed by atoms with Gasteiger partial charge in [0.25, 0.3) is 0 Å². The van der Waals surface area contributed by atoms with E-state index in [1.807, 2.05) is 0 Å². The molecule has 0 unspecified atom stereocenters. The Bertz CT molecular complexity index is 956. The molecule has 0 saturated heterocycles. The lowest BCUT2D eigenvalue weighted by Crippen LogP contribution is -2.06. The first-order valence-electron chi connectivity index (χ1n) is 7.41. The summed E-state index contributed by atoms with van der Waals surface area (Å²) in [6, 6.07) is 9.74. The predicted molar refractivity (Wildman–Crippen MR) is 105 cm³/mol. The molecule has 4 N–H and O–H groups in total. The lowest BCUT2D eigenvalue weighted by molar-refractivity contribution is 0.417. The van der Waals surface area contributed by atoms with Crippen LogP contribution in [0.15, 0.2) is 47.2 Å². The van der Waals surface area contributed by atoms with Crippen molar-refractivity contribution < 1.29 is 9.13 Å². The Morgan fingerprint density at radius 2 is 1.77 bits per heavy atom. The second kappa shape index (κ2) is 7.76. The largest absolute Gasteiger partial charge is 0.495 e. The molecule has 3 aromatic rings. The van der Waals surface area contributed by atoms with Gasteiger partial charge in [-0.15, -0.1) is 0 Å². The Balaban J connectivity index is 1.91. The topological polar surface area (TPSA) is 85.1 Å². The number of aromatic nitrogens is 2. The molecule has 1 aromatic heterocycles. The Kier molecular flexibility index (Phi) is 5.43. The first-order chi connectivity index (χ1) is 12.5. The minimum Gasteiger partial charge on any atom is -0.495 e. The number of rotatable bonds is 5. The average molecular weight is 439 g/mol. The maximum atomic E-state index is 14.0. The zero-order chi connectivity index (χ0) is 18.7. The van der Waals surface area contributed by atoms with Crippen LogP contribution in [-0.4, -0.2) is 17.1 Å². The number of ether oxygens (including phenoxy) is 1. The molecule has 9 heteroatoms. The molecule has 3 rings (SSSR count). The van der Waals surface area contributed by atoms with Crippen molar-refractivity contribution >= 4 is 56.2 Å². The van der Waals surface area contributed by atoms with Gasteiger partial charge in [-0.2, -0.15) is 0 Å². The van der Waals surface area contributed by atoms with E-state index in [1.165, 1.54) is 12.4 Å². The minimum absolute atomic E-state index is 0.219. The van der Waals surface area contributed by atoms with Crippen molar-refractivity contribution in [1.29, 1.82) is 0 Å². The summed E-state index contributed by atoms with van der Waals surface area (Å²) in [6.45, 7) is 0. The third-order valence-corrected chi connectivity index (χ3v) is 4.21. The van der Waals surface area contributed by atoms with Crippen molar-refractivity contribution in [2.24, 2.45) is 0 Å². The van der Waals surface area contributed by atoms with Crippen LogP contribution in [0.4, 0.5) is 33.1 Å². The van der Waals surface area contributed by atoms with Crippen LogP contribution < -0.4 is 21.1 Å². The van der Waals surface area contributed by atoms with Crippen molar-refractivity contribution in [3.63, 3.8) is 0 Å². The van der Waals surface area contributed by atoms with Crippen molar-refractivity contribution in [3.8, 4) is 5.75 Å². The van der Waals surface area contributed by atoms with E-state index in [9.17, 15) is 4.39 Å². The predicted octanol–water partition coefficient (Wildman–Crippen LogP) is 5.11. The number of anilines is 5. The number of hydrogen-bond donors (Lipinski definition) is 3. The van der Waals surface area contributed by atoms with Gasteiger partial charge in [0.1, 0.15) is 23.6 Å². The first kappa shape index (κ1) is 18.2. The van der Waals surface area contributed by atoms with E-state index < -0.39 is 5.82 Å². The summed E-state index contributed by atoms with van der Waals surface area (Å²) in [5.41, 5.74) is 7.18. The highest BCUT2D eigenvalue weighted by molar-refractivity contribution is 9.10. The van der Waals surface area contributed by atoms with Gasteiger partial charge in [-0.25, -0.2) is 14.4 Å². The molecule has 0 saturated carbocycles. The highest BCUT2D eigenvalue weighted by Gasteiger charge is 2.13. The highest BCUT2D eigenvalue weighted by atomic mass is 79.9. The molecule has 0 atom stereocenters. The SMILES string of the molecule is COc1ccc(Cl)cc1Nc1ncnc(Nc2ccc(Br)cc2F)c1N. The maximum Gasteiger partial charge on any atom is 0.159 e. The van der Waals surface area contributed by atoms with Crippen LogP contribution in [-0.2, 0) is 0 Å². The average Bonchev–Trinajstić information content (AvgIpc) is 2.61. The number of nitrogens with zero attached hydrogens (tertiary/aromatic N) is 2. The first-order valence-corrected chi connectivity index (χ1v) is 8.58. The number of halogens is 3. The number of benzene rings is 2. The van der Waals surface area contributed by atoms with Crippen LogP contribution in [0.5, 0.6) is 5.75 Å². The van der Waals surface area contributed by atoms with Crippen LogP contribution in [0.3, 0.4) is 0 Å². The van der Waals surface area contributed by atoms with E-state index in [0.29, 0.717) is 26.8 Å². The lowest BCUT2D eigenvalue weighted by Gasteiger charge is -2.15. The fourth-order valence-electron chi connectivity index (χ4n) is 2.22. The van der Waals surface area contributed by atoms with Crippen LogP contribution in [0.2, 0.25) is 5.02 Å². The summed E-state index contributed by atoms with van der Waals surface area (Å²) in [5, 5.41) is 6.44. The second-order valence-corrected chi connectivity index (χ2v) is 6.56. The number of methoxy groups -OCH3 is 1. The van der Waals surface area contributed by atoms with Gasteiger partial charge in [0.2, 0.25) is 0 Å². The third-order valence-electron chi connectivity index (χ3n) is 3.48. The van der Waals surface area contributed by atoms with E-state index in [4.69, 9.17) is 22.1 Å². The van der Waals surface area contributed by atoms with Crippen molar-refractivity contribution in [2.45, 2.75) is 0 Å². The molecule has 0 spiro atoms. The van der Waals surface area contributed by atoms with E-state index in [-0.39, 0.29) is 17.2 Å². The van der Waals surface area contributed by atoms with Crippen molar-refractivity contribution in [1.82, 2.24) is 9.97 Å². The molecule has 0 aliphatic carbocycles. The van der Waals surface area contributed by atoms with Gasteiger partial charge in [-0.1, -0.05) is 27.5 Å². The molecular formula is C17H14BrClFN5O. The molecule has 2 aromatic carbocycles. The van der Waals surface area contributed by atoms with Gasteiger partial charge in [0, 0.05) is 9.50 Å². The Labute approximate surface area is 162 Å². The standard InChI is InChI=1S/C17H14BrClFN5O/c1-26-14-5-3-10(19)7-13(14)25-17-15(21)16(22-8-23-17)24-12-4-2-9(18)6-11(12)20/h2-8H,21H2,1H3,(H2,22,23,24,25). The summed E-state index contributed by atoms with van der Waals surface area (Å²) in [5.74, 6) is 0.731. The smallest absolute Gasteiger partial charge is 0.159 e. The van der Waals surface area contributed by atoms with Gasteiger partial charge in [-0.05, 0) is 36.4 Å². The fourth-order valence-corrected chi connectivity index (χ4v) is 2.72. The van der Waals surface area contributed by atoms with E-state index in [2.05, 4.69) is 36.5 Å². The van der Waals surface area contributed by atoms with Crippen LogP contribution in [0.1, 0.15) is 0 Å². The van der Waals surface area contributed by atoms with E-state index in [1.54, 1.807) is 37.4 Å². The van der Waals surface area contributed by atoms with Crippen LogP contribution in [0.25, 0.3) is 0 Å². The van der Waals surface area contributed by atoms with Crippen molar-refractivity contribution in [2.75, 3.05) is 23.5 Å². The molecule has 26 heavy (non-hydrogen) atoms. The van der Waals surface area contributed by atoms with Crippen LogP contribution in [0, 0.1) is 5.82 Å². The van der Waals surface area contributed by atoms with Gasteiger partial charge < -0.3 is 21.1 Å². The molecule has 0 radical (unpaired) electrons. The summed E-state index contributed by atoms with van der Waals surface area (Å²) >= 11 is 9.24. The fraction of sp³-hybridized carbons (Fsp3) is 0.0588. The lowest BCUT2D eigenvalue weighted by atomic mass is 10.2. The Hall–Kier alpha value is -2.58. The van der Waals surface area contributed by atoms with Gasteiger partial charge in [-0.3, -0.25) is 0 Å². The molecule has 0 fully saturated rings. The molecule has 0 bridgehead atoms. The quantitative estimate of drug-likeness (QED) is 0.513. The van der Waals surface area contributed by atoms with Gasteiger partial charge in [0.15, 0.2) is 11.6 Å². The second-order valence-electron chi connectivity index (χ2n) is 5.20. The van der Waals surface area contributed by atoms with E-state index in [0.717, 1.165) is 0 Å². The van der Waals surface area contributed by atoms with Crippen molar-refractivity contribution in [3.05, 3.63) is 58.0 Å². The summed E-state index contributed by atoms with van der Waals surface area (Å²) in [7, 11) is 1.54. The third kappa shape index (κ3) is 3.97. The zero-order valence-corrected chi connectivity index (χ0v) is 15.9. The Morgan fingerprint density at radius 1 is 1.08 bits per heavy atom. The molecule has 0 amide bonds. The number of nitrogen functional groups attached to an aromatic ring is 1. The zero-order valence-electron chi connectivity index (χ0n) is 13.6. The molecule has 6 nitrogen and oxygen atoms in total. The molecule has 1 heterocycles. The molecule has 134 valence electrons. The summed E-state index contributed by atoms with van der Waals surface area (Å²) in [6.07, 6.45) is 1.31. The van der Waals surface area contributed by atoms with Crippen LogP contribution >= 0.6 is 27.5 Å². The minimum atomic E-state index is -0.441. The number of nitrogens with two attached hydrogens (primary N) is 1. The number of hydrogen-bond acceptors (Lipinski definition) is 6. The monoisotopic (exact) mass is 437 g/mol. The Morgan fingerprint density at radius 3 is 2.42 bits per heavy atom. The van der Waals surface area contributed by atoms with E-state index >= 15 is 0 Å². The van der Waals surface area contributed by atoms with Gasteiger partial charge >= 0.3 is 0 Å². The molecule has 0 aliphatic rings. The summed E-state index contributed by atoms with van der Waals surface area (Å²) in [4.78, 5) is 8.21. The maximum absolute atomic E-state index is 14.0. The normalized spacial score (nSPS) is 10.5. The highest BCUT2D eigenvalue weighted by Crippen LogP contribution is 2.34. The summed E-state index contributed by atoms with van der Waals surface area (Å²) < 4.78 is 20.0. The molecule has 0 aliphatic heterocycles. The number of nitrogens with one attached hydrogen (secondary N) is 2. The molecular weight excluding hydrogens is 425 g/mol. The van der Waals surface area contributed by atoms with Gasteiger partial charge in [0.05, 0.1) is 18.5 Å².